The molecule has 1 heterocycles. The molecule has 3 nitrogen and oxygen atoms in total. The van der Waals surface area contributed by atoms with Gasteiger partial charge in [-0.15, -0.1) is 0 Å². The molecule has 0 fully saturated rings. The molecule has 0 bridgehead atoms. The Hall–Kier alpha value is -1.52. The van der Waals surface area contributed by atoms with Crippen molar-refractivity contribution in [1.82, 2.24) is 0 Å². The zero-order valence-corrected chi connectivity index (χ0v) is 13.0. The number of amides is 1. The van der Waals surface area contributed by atoms with Crippen LogP contribution >= 0.6 is 27.5 Å². The monoisotopic (exact) mass is 350 g/mol. The fraction of sp³-hybridized carbons (Fsp3) is 0.133. The van der Waals surface area contributed by atoms with Gasteiger partial charge in [0.05, 0.1) is 10.7 Å². The molecule has 2 aromatic carbocycles. The van der Waals surface area contributed by atoms with E-state index in [1.165, 1.54) is 0 Å². The summed E-state index contributed by atoms with van der Waals surface area (Å²) in [7, 11) is 0. The second kappa shape index (κ2) is 5.11. The van der Waals surface area contributed by atoms with Crippen LogP contribution in [0.25, 0.3) is 0 Å². The van der Waals surface area contributed by atoms with E-state index in [4.69, 9.17) is 11.6 Å². The largest absolute Gasteiger partial charge is 0.369 e. The van der Waals surface area contributed by atoms with Gasteiger partial charge >= 0.3 is 0 Å². The maximum atomic E-state index is 12.1. The molecule has 1 aliphatic heterocycles. The predicted molar refractivity (Wildman–Crippen MR) is 85.3 cm³/mol. The summed E-state index contributed by atoms with van der Waals surface area (Å²) in [5.74, 6) is -0.0652. The molecular formula is C15H12BrClN2O. The number of hydrogen-bond acceptors (Lipinski definition) is 2. The van der Waals surface area contributed by atoms with Gasteiger partial charge < -0.3 is 10.6 Å². The SMILES string of the molecule is Cc1ccc2c(c1)C(Nc1ccc(Br)cc1Cl)C(=O)N2. The molecule has 5 heteroatoms. The third-order valence-corrected chi connectivity index (χ3v) is 4.08. The van der Waals surface area contributed by atoms with Crippen molar-refractivity contribution in [2.45, 2.75) is 13.0 Å². The summed E-state index contributed by atoms with van der Waals surface area (Å²) in [4.78, 5) is 12.1. The van der Waals surface area contributed by atoms with Crippen LogP contribution in [0.4, 0.5) is 11.4 Å². The average Bonchev–Trinajstić information content (AvgIpc) is 2.69. The molecule has 0 saturated heterocycles. The number of fused-ring (bicyclic) bond motifs is 1. The maximum Gasteiger partial charge on any atom is 0.251 e. The molecule has 0 spiro atoms. The van der Waals surface area contributed by atoms with Crippen LogP contribution in [0, 0.1) is 6.92 Å². The minimum Gasteiger partial charge on any atom is -0.369 e. The Balaban J connectivity index is 1.95. The zero-order valence-electron chi connectivity index (χ0n) is 10.7. The Bertz CT molecular complexity index is 702. The van der Waals surface area contributed by atoms with Crippen molar-refractivity contribution in [1.29, 1.82) is 0 Å². The van der Waals surface area contributed by atoms with E-state index in [1.54, 1.807) is 6.07 Å². The van der Waals surface area contributed by atoms with Gasteiger partial charge in [-0.2, -0.15) is 0 Å². The molecule has 1 unspecified atom stereocenters. The first-order chi connectivity index (χ1) is 9.54. The molecule has 1 aliphatic rings. The van der Waals surface area contributed by atoms with E-state index in [2.05, 4.69) is 26.6 Å². The Labute approximate surface area is 130 Å². The minimum absolute atomic E-state index is 0.0652. The summed E-state index contributed by atoms with van der Waals surface area (Å²) in [6.45, 7) is 2.01. The van der Waals surface area contributed by atoms with Crippen LogP contribution in [-0.2, 0) is 4.79 Å². The minimum atomic E-state index is -0.413. The van der Waals surface area contributed by atoms with Gasteiger partial charge in [-0.25, -0.2) is 0 Å². The predicted octanol–water partition coefficient (Wildman–Crippen LogP) is 4.52. The molecule has 2 N–H and O–H groups in total. The van der Waals surface area contributed by atoms with Crippen LogP contribution in [0.3, 0.4) is 0 Å². The number of benzene rings is 2. The van der Waals surface area contributed by atoms with Crippen molar-refractivity contribution in [2.24, 2.45) is 0 Å². The van der Waals surface area contributed by atoms with Gasteiger partial charge in [-0.05, 0) is 31.2 Å². The molecule has 1 atom stereocenters. The fourth-order valence-electron chi connectivity index (χ4n) is 2.29. The van der Waals surface area contributed by atoms with Crippen molar-refractivity contribution in [3.8, 4) is 0 Å². The van der Waals surface area contributed by atoms with Crippen LogP contribution in [0.1, 0.15) is 17.2 Å². The van der Waals surface area contributed by atoms with E-state index >= 15 is 0 Å². The van der Waals surface area contributed by atoms with Gasteiger partial charge in [0, 0.05) is 15.7 Å². The lowest BCUT2D eigenvalue weighted by Crippen LogP contribution is -2.19. The van der Waals surface area contributed by atoms with E-state index in [-0.39, 0.29) is 5.91 Å². The van der Waals surface area contributed by atoms with Crippen LogP contribution in [0.15, 0.2) is 40.9 Å². The molecule has 0 aromatic heterocycles. The third kappa shape index (κ3) is 2.41. The smallest absolute Gasteiger partial charge is 0.251 e. The van der Waals surface area contributed by atoms with Crippen LogP contribution in [-0.4, -0.2) is 5.91 Å². The number of rotatable bonds is 2. The lowest BCUT2D eigenvalue weighted by Gasteiger charge is -2.14. The normalized spacial score (nSPS) is 16.8. The van der Waals surface area contributed by atoms with Crippen molar-refractivity contribution in [3.63, 3.8) is 0 Å². The quantitative estimate of drug-likeness (QED) is 0.835. The van der Waals surface area contributed by atoms with E-state index in [0.717, 1.165) is 27.0 Å². The topological polar surface area (TPSA) is 41.1 Å². The first-order valence-electron chi connectivity index (χ1n) is 6.17. The standard InChI is InChI=1S/C15H12BrClN2O/c1-8-2-4-12-10(6-8)14(15(20)19-12)18-13-5-3-9(16)7-11(13)17/h2-7,14,18H,1H3,(H,19,20). The molecule has 20 heavy (non-hydrogen) atoms. The number of anilines is 2. The Kier molecular flexibility index (Phi) is 3.44. The molecule has 0 radical (unpaired) electrons. The van der Waals surface area contributed by atoms with E-state index < -0.39 is 6.04 Å². The summed E-state index contributed by atoms with van der Waals surface area (Å²) in [5.41, 5.74) is 3.67. The summed E-state index contributed by atoms with van der Waals surface area (Å²) in [5, 5.41) is 6.65. The summed E-state index contributed by atoms with van der Waals surface area (Å²) < 4.78 is 0.903. The number of hydrogen-bond donors (Lipinski definition) is 2. The van der Waals surface area contributed by atoms with Gasteiger partial charge in [-0.1, -0.05) is 45.2 Å². The molecule has 3 rings (SSSR count). The third-order valence-electron chi connectivity index (χ3n) is 3.27. The highest BCUT2D eigenvalue weighted by Crippen LogP contribution is 2.36. The summed E-state index contributed by atoms with van der Waals surface area (Å²) in [6.07, 6.45) is 0. The van der Waals surface area contributed by atoms with Crippen LogP contribution < -0.4 is 10.6 Å². The Morgan fingerprint density at radius 2 is 2.05 bits per heavy atom. The van der Waals surface area contributed by atoms with Gasteiger partial charge in [0.2, 0.25) is 0 Å². The number of carbonyl (C=O) groups is 1. The number of halogens is 2. The zero-order chi connectivity index (χ0) is 14.3. The highest BCUT2D eigenvalue weighted by Gasteiger charge is 2.30. The Morgan fingerprint density at radius 3 is 2.80 bits per heavy atom. The van der Waals surface area contributed by atoms with Crippen molar-refractivity contribution >= 4 is 44.8 Å². The second-order valence-corrected chi connectivity index (χ2v) is 6.10. The highest BCUT2D eigenvalue weighted by atomic mass is 79.9. The van der Waals surface area contributed by atoms with Crippen molar-refractivity contribution < 1.29 is 4.79 Å². The fourth-order valence-corrected chi connectivity index (χ4v) is 3.01. The van der Waals surface area contributed by atoms with E-state index in [0.29, 0.717) is 5.02 Å². The van der Waals surface area contributed by atoms with Crippen molar-refractivity contribution in [3.05, 3.63) is 57.0 Å². The number of carbonyl (C=O) groups excluding carboxylic acids is 1. The molecule has 1 amide bonds. The van der Waals surface area contributed by atoms with Gasteiger partial charge in [0.15, 0.2) is 0 Å². The first kappa shape index (κ1) is 13.5. The van der Waals surface area contributed by atoms with E-state index in [9.17, 15) is 4.79 Å². The average molecular weight is 352 g/mol. The highest BCUT2D eigenvalue weighted by molar-refractivity contribution is 9.10. The molecule has 0 aliphatic carbocycles. The molecule has 102 valence electrons. The van der Waals surface area contributed by atoms with E-state index in [1.807, 2.05) is 37.3 Å². The lowest BCUT2D eigenvalue weighted by molar-refractivity contribution is -0.116. The summed E-state index contributed by atoms with van der Waals surface area (Å²) in [6, 6.07) is 11.0. The maximum absolute atomic E-state index is 12.1. The summed E-state index contributed by atoms with van der Waals surface area (Å²) >= 11 is 9.55. The van der Waals surface area contributed by atoms with Crippen LogP contribution in [0.5, 0.6) is 0 Å². The first-order valence-corrected chi connectivity index (χ1v) is 7.35. The van der Waals surface area contributed by atoms with Gasteiger partial charge in [0.25, 0.3) is 5.91 Å². The molecular weight excluding hydrogens is 340 g/mol. The van der Waals surface area contributed by atoms with Gasteiger partial charge in [0.1, 0.15) is 6.04 Å². The second-order valence-electron chi connectivity index (χ2n) is 4.78. The number of aryl methyl sites for hydroxylation is 1. The molecule has 0 saturated carbocycles. The van der Waals surface area contributed by atoms with Crippen molar-refractivity contribution in [2.75, 3.05) is 10.6 Å². The lowest BCUT2D eigenvalue weighted by atomic mass is 10.1. The van der Waals surface area contributed by atoms with Gasteiger partial charge in [-0.3, -0.25) is 4.79 Å². The van der Waals surface area contributed by atoms with Crippen LogP contribution in [0.2, 0.25) is 5.02 Å². The Morgan fingerprint density at radius 1 is 1.25 bits per heavy atom. The number of nitrogens with one attached hydrogen (secondary N) is 2. The molecule has 2 aromatic rings.